The summed E-state index contributed by atoms with van der Waals surface area (Å²) in [5, 5.41) is 0. The lowest BCUT2D eigenvalue weighted by Gasteiger charge is -2.39. The number of alkyl halides is 6. The number of benzene rings is 2. The average molecular weight is 390 g/mol. The Morgan fingerprint density at radius 2 is 0.889 bits per heavy atom. The molecule has 0 saturated heterocycles. The van der Waals surface area contributed by atoms with Gasteiger partial charge < -0.3 is 11.5 Å². The molecule has 0 aliphatic rings. The molecule has 8 heteroatoms. The van der Waals surface area contributed by atoms with E-state index >= 15 is 0 Å². The maximum absolute atomic E-state index is 14.2. The standard InChI is InChI=1S/C19H20F6N2/c1-9-5-13(7-15(26)11(9)3)17(18(20,21)22,19(23,24)25)14-6-10(2)12(4)16(27)8-14/h5-8H,26-27H2,1-4H3. The molecule has 0 heterocycles. The summed E-state index contributed by atoms with van der Waals surface area (Å²) in [4.78, 5) is 0. The Morgan fingerprint density at radius 3 is 1.11 bits per heavy atom. The van der Waals surface area contributed by atoms with Crippen LogP contribution in [-0.4, -0.2) is 12.4 Å². The molecule has 0 aliphatic heterocycles. The number of anilines is 2. The molecule has 27 heavy (non-hydrogen) atoms. The highest BCUT2D eigenvalue weighted by Gasteiger charge is 2.72. The van der Waals surface area contributed by atoms with Crippen molar-refractivity contribution < 1.29 is 26.3 Å². The first-order valence-corrected chi connectivity index (χ1v) is 8.02. The van der Waals surface area contributed by atoms with Gasteiger partial charge in [0.25, 0.3) is 0 Å². The van der Waals surface area contributed by atoms with Crippen molar-refractivity contribution in [3.8, 4) is 0 Å². The maximum Gasteiger partial charge on any atom is 0.411 e. The van der Waals surface area contributed by atoms with Gasteiger partial charge in [-0.3, -0.25) is 0 Å². The Kier molecular flexibility index (Phi) is 4.92. The van der Waals surface area contributed by atoms with E-state index in [0.717, 1.165) is 24.3 Å². The summed E-state index contributed by atoms with van der Waals surface area (Å²) in [5.74, 6) is 0. The van der Waals surface area contributed by atoms with E-state index in [1.54, 1.807) is 0 Å². The summed E-state index contributed by atoms with van der Waals surface area (Å²) in [7, 11) is 0. The fraction of sp³-hybridized carbons (Fsp3) is 0.368. The number of rotatable bonds is 2. The third kappa shape index (κ3) is 3.11. The summed E-state index contributed by atoms with van der Waals surface area (Å²) in [6, 6.07) is 3.26. The lowest BCUT2D eigenvalue weighted by molar-refractivity contribution is -0.288. The third-order valence-corrected chi connectivity index (χ3v) is 5.13. The zero-order chi connectivity index (χ0) is 20.9. The van der Waals surface area contributed by atoms with Crippen LogP contribution in [0.5, 0.6) is 0 Å². The highest BCUT2D eigenvalue weighted by molar-refractivity contribution is 5.61. The fourth-order valence-corrected chi connectivity index (χ4v) is 3.19. The molecule has 148 valence electrons. The molecule has 0 bridgehead atoms. The lowest BCUT2D eigenvalue weighted by atomic mass is 9.71. The molecule has 0 saturated carbocycles. The van der Waals surface area contributed by atoms with Crippen molar-refractivity contribution in [2.75, 3.05) is 11.5 Å². The fourth-order valence-electron chi connectivity index (χ4n) is 3.19. The summed E-state index contributed by atoms with van der Waals surface area (Å²) in [6.45, 7) is 5.90. The van der Waals surface area contributed by atoms with E-state index in [1.807, 2.05) is 0 Å². The van der Waals surface area contributed by atoms with Gasteiger partial charge >= 0.3 is 12.4 Å². The summed E-state index contributed by atoms with van der Waals surface area (Å²) in [6.07, 6.45) is -11.3. The molecule has 0 amide bonds. The summed E-state index contributed by atoms with van der Waals surface area (Å²) < 4.78 is 85.0. The van der Waals surface area contributed by atoms with E-state index in [9.17, 15) is 26.3 Å². The van der Waals surface area contributed by atoms with Crippen molar-refractivity contribution in [2.45, 2.75) is 45.5 Å². The Morgan fingerprint density at radius 1 is 0.593 bits per heavy atom. The van der Waals surface area contributed by atoms with Gasteiger partial charge in [0.2, 0.25) is 5.41 Å². The second-order valence-corrected chi connectivity index (χ2v) is 6.76. The van der Waals surface area contributed by atoms with E-state index in [4.69, 9.17) is 11.5 Å². The van der Waals surface area contributed by atoms with Crippen LogP contribution in [0.15, 0.2) is 24.3 Å². The van der Waals surface area contributed by atoms with Crippen LogP contribution in [0.1, 0.15) is 33.4 Å². The molecule has 0 radical (unpaired) electrons. The molecule has 4 N–H and O–H groups in total. The van der Waals surface area contributed by atoms with Crippen molar-refractivity contribution in [2.24, 2.45) is 0 Å². The second-order valence-electron chi connectivity index (χ2n) is 6.76. The van der Waals surface area contributed by atoms with E-state index < -0.39 is 28.9 Å². The molecule has 0 aromatic heterocycles. The van der Waals surface area contributed by atoms with Crippen molar-refractivity contribution >= 4 is 11.4 Å². The van der Waals surface area contributed by atoms with Crippen LogP contribution < -0.4 is 11.5 Å². The number of nitrogens with two attached hydrogens (primary N) is 2. The van der Waals surface area contributed by atoms with Crippen LogP contribution in [0.4, 0.5) is 37.7 Å². The van der Waals surface area contributed by atoms with Crippen LogP contribution in [0, 0.1) is 27.7 Å². The predicted molar refractivity (Wildman–Crippen MR) is 93.5 cm³/mol. The zero-order valence-electron chi connectivity index (χ0n) is 15.2. The largest absolute Gasteiger partial charge is 0.411 e. The van der Waals surface area contributed by atoms with Crippen molar-refractivity contribution in [1.29, 1.82) is 0 Å². The smallest absolute Gasteiger partial charge is 0.398 e. The zero-order valence-corrected chi connectivity index (χ0v) is 15.2. The molecular formula is C19H20F6N2. The maximum atomic E-state index is 14.2. The third-order valence-electron chi connectivity index (χ3n) is 5.13. The Balaban J connectivity index is 3.06. The summed E-state index contributed by atoms with van der Waals surface area (Å²) in [5.41, 5.74) is 6.25. The molecule has 0 unspecified atom stereocenters. The van der Waals surface area contributed by atoms with Crippen molar-refractivity contribution in [3.63, 3.8) is 0 Å². The van der Waals surface area contributed by atoms with E-state index in [2.05, 4.69) is 0 Å². The van der Waals surface area contributed by atoms with Crippen molar-refractivity contribution in [3.05, 3.63) is 57.6 Å². The highest BCUT2D eigenvalue weighted by Crippen LogP contribution is 2.57. The topological polar surface area (TPSA) is 52.0 Å². The molecule has 2 rings (SSSR count). The van der Waals surface area contributed by atoms with E-state index in [1.165, 1.54) is 27.7 Å². The van der Waals surface area contributed by atoms with Gasteiger partial charge in [0, 0.05) is 11.4 Å². The summed E-state index contributed by atoms with van der Waals surface area (Å²) >= 11 is 0. The van der Waals surface area contributed by atoms with Gasteiger partial charge in [0.1, 0.15) is 0 Å². The monoisotopic (exact) mass is 390 g/mol. The highest BCUT2D eigenvalue weighted by atomic mass is 19.4. The van der Waals surface area contributed by atoms with Crippen molar-refractivity contribution in [1.82, 2.24) is 0 Å². The minimum atomic E-state index is -5.67. The minimum absolute atomic E-state index is 0.139. The van der Waals surface area contributed by atoms with E-state index in [-0.39, 0.29) is 22.5 Å². The van der Waals surface area contributed by atoms with Crippen LogP contribution >= 0.6 is 0 Å². The average Bonchev–Trinajstić information content (AvgIpc) is 2.47. The molecule has 0 spiro atoms. The van der Waals surface area contributed by atoms with Gasteiger partial charge in [0.15, 0.2) is 0 Å². The number of aryl methyl sites for hydroxylation is 2. The van der Waals surface area contributed by atoms with E-state index in [0.29, 0.717) is 11.1 Å². The Bertz CT molecular complexity index is 761. The van der Waals surface area contributed by atoms with Gasteiger partial charge in [-0.15, -0.1) is 0 Å². The first-order chi connectivity index (χ1) is 12.1. The lowest BCUT2D eigenvalue weighted by Crippen LogP contribution is -2.55. The first-order valence-electron chi connectivity index (χ1n) is 8.02. The molecule has 2 aromatic carbocycles. The van der Waals surface area contributed by atoms with Crippen LogP contribution in [0.3, 0.4) is 0 Å². The second kappa shape index (κ2) is 6.35. The molecule has 0 fully saturated rings. The number of nitrogen functional groups attached to an aromatic ring is 2. The molecule has 2 nitrogen and oxygen atoms in total. The number of hydrogen-bond acceptors (Lipinski definition) is 2. The molecule has 0 aliphatic carbocycles. The van der Waals surface area contributed by atoms with Gasteiger partial charge in [-0.05, 0) is 73.2 Å². The number of hydrogen-bond donors (Lipinski definition) is 2. The first kappa shape index (κ1) is 20.9. The Hall–Kier alpha value is -2.38. The van der Waals surface area contributed by atoms with Crippen LogP contribution in [0.2, 0.25) is 0 Å². The Labute approximate surface area is 153 Å². The van der Waals surface area contributed by atoms with Crippen LogP contribution in [-0.2, 0) is 5.41 Å². The predicted octanol–water partition coefficient (Wildman–Crippen LogP) is 5.50. The van der Waals surface area contributed by atoms with Crippen LogP contribution in [0.25, 0.3) is 0 Å². The number of halogens is 6. The molecular weight excluding hydrogens is 370 g/mol. The minimum Gasteiger partial charge on any atom is -0.398 e. The quantitative estimate of drug-likeness (QED) is 0.526. The normalized spacial score (nSPS) is 13.1. The van der Waals surface area contributed by atoms with Gasteiger partial charge in [-0.1, -0.05) is 12.1 Å². The molecule has 0 atom stereocenters. The van der Waals surface area contributed by atoms with Gasteiger partial charge in [-0.25, -0.2) is 0 Å². The SMILES string of the molecule is Cc1cc(C(c2cc(C)c(C)c(N)c2)(C(F)(F)F)C(F)(F)F)cc(N)c1C. The van der Waals surface area contributed by atoms with Gasteiger partial charge in [0.05, 0.1) is 0 Å². The van der Waals surface area contributed by atoms with Gasteiger partial charge in [-0.2, -0.15) is 26.3 Å². The molecule has 2 aromatic rings.